The molecule has 5 heteroatoms. The molecule has 2 heterocycles. The maximum absolute atomic E-state index is 11.9. The van der Waals surface area contributed by atoms with Crippen LogP contribution in [0.15, 0.2) is 30.7 Å². The van der Waals surface area contributed by atoms with Gasteiger partial charge in [0, 0.05) is 25.6 Å². The maximum atomic E-state index is 11.9. The Balaban J connectivity index is 2.46. The van der Waals surface area contributed by atoms with Gasteiger partial charge in [-0.05, 0) is 12.1 Å². The third-order valence-corrected chi connectivity index (χ3v) is 2.08. The number of aromatic nitrogens is 3. The Kier molecular flexibility index (Phi) is 2.21. The highest BCUT2D eigenvalue weighted by molar-refractivity contribution is 6.08. The molecule has 76 valence electrons. The lowest BCUT2D eigenvalue weighted by atomic mass is 10.2. The van der Waals surface area contributed by atoms with E-state index in [2.05, 4.69) is 9.97 Å². The van der Waals surface area contributed by atoms with Crippen LogP contribution >= 0.6 is 0 Å². The van der Waals surface area contributed by atoms with Crippen LogP contribution in [0.4, 0.5) is 5.69 Å². The van der Waals surface area contributed by atoms with Crippen LogP contribution in [0.1, 0.15) is 16.3 Å². The lowest BCUT2D eigenvalue weighted by Gasteiger charge is -2.02. The van der Waals surface area contributed by atoms with E-state index in [1.165, 1.54) is 6.20 Å². The van der Waals surface area contributed by atoms with Crippen molar-refractivity contribution in [3.8, 4) is 0 Å². The Hall–Kier alpha value is -2.17. The van der Waals surface area contributed by atoms with Gasteiger partial charge in [0.25, 0.3) is 0 Å². The quantitative estimate of drug-likeness (QED) is 0.725. The summed E-state index contributed by atoms with van der Waals surface area (Å²) in [5.41, 5.74) is 6.27. The number of imidazole rings is 1. The zero-order valence-corrected chi connectivity index (χ0v) is 8.21. The summed E-state index contributed by atoms with van der Waals surface area (Å²) >= 11 is 0. The van der Waals surface area contributed by atoms with Crippen molar-refractivity contribution in [2.75, 3.05) is 5.73 Å². The van der Waals surface area contributed by atoms with E-state index in [-0.39, 0.29) is 11.5 Å². The molecule has 2 aromatic rings. The van der Waals surface area contributed by atoms with Gasteiger partial charge in [0.1, 0.15) is 5.69 Å². The minimum atomic E-state index is -0.263. The Morgan fingerprint density at radius 1 is 1.40 bits per heavy atom. The highest BCUT2D eigenvalue weighted by Crippen LogP contribution is 2.11. The Bertz CT molecular complexity index is 504. The summed E-state index contributed by atoms with van der Waals surface area (Å²) in [7, 11) is 1.75. The van der Waals surface area contributed by atoms with Gasteiger partial charge >= 0.3 is 0 Å². The number of hydrogen-bond acceptors (Lipinski definition) is 4. The van der Waals surface area contributed by atoms with E-state index in [1.54, 1.807) is 36.1 Å². The van der Waals surface area contributed by atoms with Crippen molar-refractivity contribution in [1.82, 2.24) is 14.5 Å². The van der Waals surface area contributed by atoms with Crippen molar-refractivity contribution in [3.05, 3.63) is 42.2 Å². The largest absolute Gasteiger partial charge is 0.397 e. The van der Waals surface area contributed by atoms with Crippen molar-refractivity contribution in [3.63, 3.8) is 0 Å². The molecule has 2 N–H and O–H groups in total. The number of aryl methyl sites for hydroxylation is 1. The minimum Gasteiger partial charge on any atom is -0.397 e. The van der Waals surface area contributed by atoms with Crippen molar-refractivity contribution >= 4 is 11.5 Å². The van der Waals surface area contributed by atoms with E-state index in [1.807, 2.05) is 0 Å². The molecule has 0 spiro atoms. The topological polar surface area (TPSA) is 73.8 Å². The number of nitrogens with two attached hydrogens (primary N) is 1. The van der Waals surface area contributed by atoms with E-state index in [0.29, 0.717) is 11.5 Å². The second-order valence-corrected chi connectivity index (χ2v) is 3.13. The minimum absolute atomic E-state index is 0.242. The zero-order valence-electron chi connectivity index (χ0n) is 8.21. The fraction of sp³-hybridized carbons (Fsp3) is 0.100. The number of rotatable bonds is 2. The summed E-state index contributed by atoms with van der Waals surface area (Å²) in [5, 5.41) is 0. The number of ketones is 1. The van der Waals surface area contributed by atoms with Gasteiger partial charge in [0.05, 0.1) is 5.69 Å². The average molecular weight is 202 g/mol. The number of nitrogens with zero attached hydrogens (tertiary/aromatic N) is 3. The predicted octanol–water partition coefficient (Wildman–Crippen LogP) is 0.628. The number of carbonyl (C=O) groups excluding carboxylic acids is 1. The fourth-order valence-corrected chi connectivity index (χ4v) is 1.30. The molecule has 0 radical (unpaired) electrons. The molecule has 0 saturated heterocycles. The second-order valence-electron chi connectivity index (χ2n) is 3.13. The number of pyridine rings is 1. The first kappa shape index (κ1) is 9.39. The monoisotopic (exact) mass is 202 g/mol. The van der Waals surface area contributed by atoms with Crippen molar-refractivity contribution < 1.29 is 4.79 Å². The van der Waals surface area contributed by atoms with Crippen LogP contribution in [0.25, 0.3) is 0 Å². The van der Waals surface area contributed by atoms with Crippen LogP contribution in [-0.2, 0) is 7.05 Å². The number of anilines is 1. The van der Waals surface area contributed by atoms with Gasteiger partial charge in [-0.15, -0.1) is 0 Å². The molecule has 0 atom stereocenters. The predicted molar refractivity (Wildman–Crippen MR) is 55.3 cm³/mol. The molecule has 15 heavy (non-hydrogen) atoms. The maximum Gasteiger partial charge on any atom is 0.248 e. The normalized spacial score (nSPS) is 10.2. The van der Waals surface area contributed by atoms with Gasteiger partial charge in [-0.2, -0.15) is 0 Å². The van der Waals surface area contributed by atoms with Crippen LogP contribution in [0, 0.1) is 0 Å². The van der Waals surface area contributed by atoms with Crippen LogP contribution in [0.2, 0.25) is 0 Å². The summed E-state index contributed by atoms with van der Waals surface area (Å²) in [5.74, 6) is 0.0704. The molecule has 0 aromatic carbocycles. The summed E-state index contributed by atoms with van der Waals surface area (Å²) in [4.78, 5) is 19.8. The molecule has 0 aliphatic carbocycles. The van der Waals surface area contributed by atoms with Gasteiger partial charge in [0.2, 0.25) is 5.78 Å². The van der Waals surface area contributed by atoms with Crippen molar-refractivity contribution in [2.45, 2.75) is 0 Å². The van der Waals surface area contributed by atoms with Crippen LogP contribution < -0.4 is 5.73 Å². The lowest BCUT2D eigenvalue weighted by molar-refractivity contribution is 0.102. The highest BCUT2D eigenvalue weighted by Gasteiger charge is 2.17. The van der Waals surface area contributed by atoms with Crippen LogP contribution in [0.3, 0.4) is 0 Å². The summed E-state index contributed by atoms with van der Waals surface area (Å²) in [6.45, 7) is 0. The van der Waals surface area contributed by atoms with E-state index in [4.69, 9.17) is 5.73 Å². The molecular weight excluding hydrogens is 192 g/mol. The molecule has 2 aromatic heterocycles. The Labute approximate surface area is 86.6 Å². The SMILES string of the molecule is Cn1ccnc1C(=O)c1ncccc1N. The van der Waals surface area contributed by atoms with Crippen LogP contribution in [-0.4, -0.2) is 20.3 Å². The smallest absolute Gasteiger partial charge is 0.248 e. The Morgan fingerprint density at radius 3 is 2.80 bits per heavy atom. The van der Waals surface area contributed by atoms with E-state index in [0.717, 1.165) is 0 Å². The van der Waals surface area contributed by atoms with Gasteiger partial charge in [-0.25, -0.2) is 4.98 Å². The lowest BCUT2D eigenvalue weighted by Crippen LogP contribution is -2.12. The Morgan fingerprint density at radius 2 is 2.20 bits per heavy atom. The highest BCUT2D eigenvalue weighted by atomic mass is 16.1. The molecule has 0 saturated carbocycles. The third kappa shape index (κ3) is 1.59. The van der Waals surface area contributed by atoms with E-state index >= 15 is 0 Å². The molecule has 2 rings (SSSR count). The fourth-order valence-electron chi connectivity index (χ4n) is 1.30. The third-order valence-electron chi connectivity index (χ3n) is 2.08. The molecule has 0 bridgehead atoms. The van der Waals surface area contributed by atoms with Crippen molar-refractivity contribution in [2.24, 2.45) is 7.05 Å². The standard InChI is InChI=1S/C10H10N4O/c1-14-6-5-13-10(14)9(15)8-7(11)3-2-4-12-8/h2-6H,11H2,1H3. The summed E-state index contributed by atoms with van der Waals surface area (Å²) in [6, 6.07) is 3.33. The zero-order chi connectivity index (χ0) is 10.8. The second kappa shape index (κ2) is 3.53. The molecule has 0 aliphatic rings. The van der Waals surface area contributed by atoms with Crippen LogP contribution in [0.5, 0.6) is 0 Å². The molecule has 0 aliphatic heterocycles. The van der Waals surface area contributed by atoms with Gasteiger partial charge in [0.15, 0.2) is 5.82 Å². The van der Waals surface area contributed by atoms with E-state index in [9.17, 15) is 4.79 Å². The van der Waals surface area contributed by atoms with Gasteiger partial charge in [-0.3, -0.25) is 9.78 Å². The average Bonchev–Trinajstić information content (AvgIpc) is 2.64. The molecule has 0 amide bonds. The van der Waals surface area contributed by atoms with Gasteiger partial charge in [-0.1, -0.05) is 0 Å². The number of carbonyl (C=O) groups is 1. The first-order valence-corrected chi connectivity index (χ1v) is 4.42. The molecule has 0 unspecified atom stereocenters. The first-order chi connectivity index (χ1) is 7.20. The van der Waals surface area contributed by atoms with E-state index < -0.39 is 0 Å². The first-order valence-electron chi connectivity index (χ1n) is 4.42. The summed E-state index contributed by atoms with van der Waals surface area (Å²) < 4.78 is 1.64. The molecular formula is C10H10N4O. The summed E-state index contributed by atoms with van der Waals surface area (Å²) in [6.07, 6.45) is 4.80. The van der Waals surface area contributed by atoms with Gasteiger partial charge < -0.3 is 10.3 Å². The molecule has 0 fully saturated rings. The number of nitrogen functional groups attached to an aromatic ring is 1. The van der Waals surface area contributed by atoms with Crippen molar-refractivity contribution in [1.29, 1.82) is 0 Å². The number of hydrogen-bond donors (Lipinski definition) is 1. The molecule has 5 nitrogen and oxygen atoms in total.